The predicted molar refractivity (Wildman–Crippen MR) is 121 cm³/mol. The second-order valence-corrected chi connectivity index (χ2v) is 9.77. The molecule has 8 heteroatoms. The zero-order valence-corrected chi connectivity index (χ0v) is 18.0. The molecule has 1 aliphatic heterocycles. The minimum atomic E-state index is -3.73. The first-order chi connectivity index (χ1) is 15.5. The van der Waals surface area contributed by atoms with Gasteiger partial charge in [0.2, 0.25) is 10.0 Å². The molecule has 5 rings (SSSR count). The maximum Gasteiger partial charge on any atom is 0.244 e. The highest BCUT2D eigenvalue weighted by atomic mass is 32.2. The van der Waals surface area contributed by atoms with Gasteiger partial charge in [-0.15, -0.1) is 0 Å². The maximum atomic E-state index is 13.0. The lowest BCUT2D eigenvalue weighted by Gasteiger charge is -2.34. The molecule has 0 unspecified atom stereocenters. The minimum Gasteiger partial charge on any atom is -0.508 e. The quantitative estimate of drug-likeness (QED) is 0.513. The van der Waals surface area contributed by atoms with Crippen molar-refractivity contribution in [3.8, 4) is 11.8 Å². The highest BCUT2D eigenvalue weighted by Crippen LogP contribution is 2.34. The van der Waals surface area contributed by atoms with E-state index in [4.69, 9.17) is 4.42 Å². The van der Waals surface area contributed by atoms with Crippen LogP contribution in [-0.2, 0) is 16.6 Å². The van der Waals surface area contributed by atoms with Crippen molar-refractivity contribution in [1.82, 2.24) is 9.21 Å². The number of nitrogens with zero attached hydrogens (tertiary/aromatic N) is 3. The van der Waals surface area contributed by atoms with Crippen molar-refractivity contribution in [1.29, 1.82) is 5.26 Å². The number of piperazine rings is 1. The summed E-state index contributed by atoms with van der Waals surface area (Å²) in [5.74, 6) is 0.196. The molecule has 1 aliphatic rings. The molecule has 7 nitrogen and oxygen atoms in total. The zero-order valence-electron chi connectivity index (χ0n) is 17.2. The van der Waals surface area contributed by atoms with E-state index in [2.05, 4.69) is 4.90 Å². The molecule has 0 amide bonds. The number of furan rings is 1. The topological polar surface area (TPSA) is 97.8 Å². The number of hydrogen-bond donors (Lipinski definition) is 1. The number of para-hydroxylation sites is 1. The van der Waals surface area contributed by atoms with Crippen LogP contribution in [0.5, 0.6) is 5.75 Å². The molecule has 162 valence electrons. The summed E-state index contributed by atoms with van der Waals surface area (Å²) in [6.07, 6.45) is 0. The molecule has 2 heterocycles. The van der Waals surface area contributed by atoms with Crippen molar-refractivity contribution in [2.45, 2.75) is 11.4 Å². The summed E-state index contributed by atoms with van der Waals surface area (Å²) in [5.41, 5.74) is 2.38. The normalized spacial score (nSPS) is 15.8. The molecule has 0 bridgehead atoms. The largest absolute Gasteiger partial charge is 0.508 e. The van der Waals surface area contributed by atoms with Crippen LogP contribution in [0.1, 0.15) is 11.1 Å². The van der Waals surface area contributed by atoms with Gasteiger partial charge in [-0.1, -0.05) is 30.3 Å². The van der Waals surface area contributed by atoms with E-state index < -0.39 is 10.0 Å². The molecule has 1 fully saturated rings. The molecule has 0 aliphatic carbocycles. The van der Waals surface area contributed by atoms with Gasteiger partial charge in [0, 0.05) is 49.1 Å². The van der Waals surface area contributed by atoms with Crippen molar-refractivity contribution in [2.24, 2.45) is 0 Å². The van der Waals surface area contributed by atoms with Gasteiger partial charge < -0.3 is 9.52 Å². The number of sulfonamides is 1. The van der Waals surface area contributed by atoms with Crippen molar-refractivity contribution in [3.63, 3.8) is 0 Å². The van der Waals surface area contributed by atoms with Gasteiger partial charge in [0.15, 0.2) is 0 Å². The van der Waals surface area contributed by atoms with Gasteiger partial charge >= 0.3 is 0 Å². The number of phenolic OH excluding ortho intramolecular Hbond substituents is 1. The van der Waals surface area contributed by atoms with Crippen molar-refractivity contribution >= 4 is 32.0 Å². The number of hydrogen-bond acceptors (Lipinski definition) is 6. The minimum absolute atomic E-state index is 0.0453. The average Bonchev–Trinajstić information content (AvgIpc) is 3.17. The van der Waals surface area contributed by atoms with Gasteiger partial charge in [0.25, 0.3) is 0 Å². The molecule has 3 aromatic carbocycles. The van der Waals surface area contributed by atoms with Crippen LogP contribution >= 0.6 is 0 Å². The molecule has 4 aromatic rings. The van der Waals surface area contributed by atoms with E-state index in [0.717, 1.165) is 21.9 Å². The highest BCUT2D eigenvalue weighted by molar-refractivity contribution is 7.89. The smallest absolute Gasteiger partial charge is 0.244 e. The van der Waals surface area contributed by atoms with E-state index in [1.54, 1.807) is 18.2 Å². The molecule has 32 heavy (non-hydrogen) atoms. The lowest BCUT2D eigenvalue weighted by molar-refractivity contribution is 0.180. The Labute approximate surface area is 185 Å². The van der Waals surface area contributed by atoms with Crippen LogP contribution < -0.4 is 0 Å². The summed E-state index contributed by atoms with van der Waals surface area (Å²) >= 11 is 0. The molecule has 1 N–H and O–H groups in total. The number of fused-ring (bicyclic) bond motifs is 3. The Morgan fingerprint density at radius 1 is 0.938 bits per heavy atom. The van der Waals surface area contributed by atoms with Gasteiger partial charge in [-0.25, -0.2) is 8.42 Å². The number of phenols is 1. The van der Waals surface area contributed by atoms with E-state index in [1.807, 2.05) is 36.4 Å². The van der Waals surface area contributed by atoms with Gasteiger partial charge in [0.05, 0.1) is 10.5 Å². The summed E-state index contributed by atoms with van der Waals surface area (Å²) in [5, 5.41) is 21.7. The third-order valence-electron chi connectivity index (χ3n) is 5.93. The lowest BCUT2D eigenvalue weighted by atomic mass is 10.1. The van der Waals surface area contributed by atoms with Crippen LogP contribution in [0.4, 0.5) is 0 Å². The van der Waals surface area contributed by atoms with Gasteiger partial charge in [-0.05, 0) is 30.3 Å². The summed E-state index contributed by atoms with van der Waals surface area (Å²) in [6, 6.07) is 19.5. The third kappa shape index (κ3) is 3.50. The third-order valence-corrected chi connectivity index (χ3v) is 7.89. The second-order valence-electron chi connectivity index (χ2n) is 7.86. The standard InChI is InChI=1S/C24H21N3O4S/c25-15-17-5-1-4-8-24(17)32(29,30)27-11-9-26(10-12-27)16-18-13-23-20(14-21(18)28)19-6-2-3-7-22(19)31-23/h1-8,13-14,28H,9-12,16H2. The molecule has 0 saturated carbocycles. The fraction of sp³-hybridized carbons (Fsp3) is 0.208. The Balaban J connectivity index is 1.33. The molecular formula is C24H21N3O4S. The van der Waals surface area contributed by atoms with Crippen LogP contribution in [0.25, 0.3) is 21.9 Å². The molecule has 0 atom stereocenters. The monoisotopic (exact) mass is 447 g/mol. The van der Waals surface area contributed by atoms with Gasteiger partial charge in [0.1, 0.15) is 23.0 Å². The van der Waals surface area contributed by atoms with E-state index >= 15 is 0 Å². The van der Waals surface area contributed by atoms with E-state index in [1.165, 1.54) is 16.4 Å². The van der Waals surface area contributed by atoms with Crippen molar-refractivity contribution in [2.75, 3.05) is 26.2 Å². The van der Waals surface area contributed by atoms with E-state index in [-0.39, 0.29) is 16.2 Å². The summed E-state index contributed by atoms with van der Waals surface area (Å²) < 4.78 is 33.4. The summed E-state index contributed by atoms with van der Waals surface area (Å²) in [4.78, 5) is 2.15. The summed E-state index contributed by atoms with van der Waals surface area (Å²) in [6.45, 7) is 2.16. The zero-order chi connectivity index (χ0) is 22.3. The van der Waals surface area contributed by atoms with Crippen LogP contribution in [0, 0.1) is 11.3 Å². The fourth-order valence-electron chi connectivity index (χ4n) is 4.22. The average molecular weight is 448 g/mol. The second kappa shape index (κ2) is 7.95. The molecule has 1 aromatic heterocycles. The predicted octanol–water partition coefficient (Wildman–Crippen LogP) is 3.67. The Bertz CT molecular complexity index is 1460. The van der Waals surface area contributed by atoms with Crippen LogP contribution in [0.2, 0.25) is 0 Å². The Kier molecular flexibility index (Phi) is 5.10. The Morgan fingerprint density at radius 2 is 1.66 bits per heavy atom. The molecule has 0 radical (unpaired) electrons. The van der Waals surface area contributed by atoms with Crippen LogP contribution in [0.15, 0.2) is 70.0 Å². The van der Waals surface area contributed by atoms with Crippen molar-refractivity contribution < 1.29 is 17.9 Å². The number of nitriles is 1. The van der Waals surface area contributed by atoms with Crippen LogP contribution in [-0.4, -0.2) is 48.9 Å². The fourth-order valence-corrected chi connectivity index (χ4v) is 5.78. The lowest BCUT2D eigenvalue weighted by Crippen LogP contribution is -2.48. The highest BCUT2D eigenvalue weighted by Gasteiger charge is 2.30. The first-order valence-electron chi connectivity index (χ1n) is 10.3. The van der Waals surface area contributed by atoms with Gasteiger partial charge in [-0.2, -0.15) is 9.57 Å². The molecule has 1 saturated heterocycles. The number of rotatable bonds is 4. The van der Waals surface area contributed by atoms with E-state index in [9.17, 15) is 18.8 Å². The molecular weight excluding hydrogens is 426 g/mol. The van der Waals surface area contributed by atoms with Crippen molar-refractivity contribution in [3.05, 3.63) is 71.8 Å². The molecule has 0 spiro atoms. The maximum absolute atomic E-state index is 13.0. The van der Waals surface area contributed by atoms with Crippen LogP contribution in [0.3, 0.4) is 0 Å². The van der Waals surface area contributed by atoms with Gasteiger partial charge in [-0.3, -0.25) is 4.90 Å². The first-order valence-corrected chi connectivity index (χ1v) is 11.8. The van der Waals surface area contributed by atoms with E-state index in [0.29, 0.717) is 38.3 Å². The Hall–Kier alpha value is -3.38. The first kappa shape index (κ1) is 20.5. The number of aromatic hydroxyl groups is 1. The Morgan fingerprint density at radius 3 is 2.44 bits per heavy atom. The SMILES string of the molecule is N#Cc1ccccc1S(=O)(=O)N1CCN(Cc2cc3oc4ccccc4c3cc2O)CC1. The summed E-state index contributed by atoms with van der Waals surface area (Å²) in [7, 11) is -3.73. The number of benzene rings is 3.